The first-order chi connectivity index (χ1) is 24.1. The predicted molar refractivity (Wildman–Crippen MR) is 191 cm³/mol. The number of carbonyl (C=O) groups is 2. The van der Waals surface area contributed by atoms with Gasteiger partial charge < -0.3 is 29.9 Å². The number of hydrogen-bond acceptors (Lipinski definition) is 9. The summed E-state index contributed by atoms with van der Waals surface area (Å²) >= 11 is 7.14. The average molecular weight is 702 g/mol. The Hall–Kier alpha value is -4.78. The van der Waals surface area contributed by atoms with Gasteiger partial charge in [0.15, 0.2) is 0 Å². The Morgan fingerprint density at radius 1 is 0.860 bits per heavy atom. The summed E-state index contributed by atoms with van der Waals surface area (Å²) in [5.41, 5.74) is 9.97. The summed E-state index contributed by atoms with van der Waals surface area (Å²) in [7, 11) is 3.07. The molecule has 0 radical (unpaired) electrons. The summed E-state index contributed by atoms with van der Waals surface area (Å²) in [5.74, 6) is -1.32. The van der Waals surface area contributed by atoms with Crippen molar-refractivity contribution in [2.75, 3.05) is 27.4 Å². The maximum atomic E-state index is 11.4. The third kappa shape index (κ3) is 7.83. The number of halogens is 1. The number of rotatable bonds is 15. The van der Waals surface area contributed by atoms with Gasteiger partial charge >= 0.3 is 11.9 Å². The molecule has 50 heavy (non-hydrogen) atoms. The number of aryl methyl sites for hydroxylation is 1. The van der Waals surface area contributed by atoms with Crippen LogP contribution in [0, 0.1) is 6.92 Å². The molecule has 11 nitrogen and oxygen atoms in total. The van der Waals surface area contributed by atoms with Crippen molar-refractivity contribution in [1.82, 2.24) is 15.6 Å². The van der Waals surface area contributed by atoms with Crippen molar-refractivity contribution < 1.29 is 39.5 Å². The lowest BCUT2D eigenvalue weighted by atomic mass is 9.94. The molecule has 1 aliphatic carbocycles. The number of fused-ring (bicyclic) bond motifs is 1. The number of carboxylic acids is 2. The van der Waals surface area contributed by atoms with Gasteiger partial charge in [0.1, 0.15) is 17.8 Å². The van der Waals surface area contributed by atoms with Gasteiger partial charge in [-0.05, 0) is 65.3 Å². The van der Waals surface area contributed by atoms with Crippen LogP contribution in [0.1, 0.15) is 39.8 Å². The van der Waals surface area contributed by atoms with Crippen LogP contribution in [-0.2, 0) is 29.1 Å². The number of allylic oxidation sites excluding steroid dienone is 1. The van der Waals surface area contributed by atoms with Crippen molar-refractivity contribution in [3.63, 3.8) is 0 Å². The standard InChI is InChI=1S/C38H40ClN3O8/c1-21-14-31(42-36(50-3)30(21)18-41-33(20-44)38(47)48)29-9-5-8-28(35(29)39)26-7-4-6-25-23(12-13-27(25)26)15-22-10-11-24(34(16-22)49-2)17-40-32(19-43)37(45)46/h4-11,14-16,32-33,40-41,43-44H,12-13,17-20H2,1-3H3,(H,45,46)(H,47,48)/b23-15+/t32-,33-/m1/s1. The van der Waals surface area contributed by atoms with Gasteiger partial charge in [-0.15, -0.1) is 0 Å². The topological polar surface area (TPSA) is 170 Å². The number of pyridine rings is 1. The van der Waals surface area contributed by atoms with Crippen LogP contribution in [0.4, 0.5) is 0 Å². The van der Waals surface area contributed by atoms with E-state index in [1.165, 1.54) is 18.2 Å². The smallest absolute Gasteiger partial charge is 0.323 e. The number of carboxylic acid groups (broad SMARTS) is 2. The summed E-state index contributed by atoms with van der Waals surface area (Å²) in [6.07, 6.45) is 3.79. The summed E-state index contributed by atoms with van der Waals surface area (Å²) in [4.78, 5) is 27.4. The van der Waals surface area contributed by atoms with Crippen molar-refractivity contribution in [3.8, 4) is 34.0 Å². The molecule has 0 spiro atoms. The van der Waals surface area contributed by atoms with E-state index in [4.69, 9.17) is 26.1 Å². The number of nitrogens with one attached hydrogen (secondary N) is 2. The number of ether oxygens (including phenoxy) is 2. The van der Waals surface area contributed by atoms with Gasteiger partial charge in [0.2, 0.25) is 5.88 Å². The molecule has 0 aliphatic heterocycles. The van der Waals surface area contributed by atoms with E-state index in [9.17, 15) is 30.0 Å². The number of methoxy groups -OCH3 is 2. The molecule has 3 aromatic carbocycles. The minimum atomic E-state index is -1.15. The van der Waals surface area contributed by atoms with Crippen molar-refractivity contribution in [2.24, 2.45) is 0 Å². The molecule has 2 atom stereocenters. The summed E-state index contributed by atoms with van der Waals surface area (Å²) in [6, 6.07) is 17.5. The molecule has 1 aliphatic rings. The van der Waals surface area contributed by atoms with Crippen molar-refractivity contribution >= 4 is 35.2 Å². The van der Waals surface area contributed by atoms with E-state index >= 15 is 0 Å². The molecule has 4 aromatic rings. The molecule has 0 saturated heterocycles. The molecular weight excluding hydrogens is 662 g/mol. The highest BCUT2D eigenvalue weighted by Crippen LogP contribution is 2.44. The summed E-state index contributed by atoms with van der Waals surface area (Å²) in [6.45, 7) is 1.20. The van der Waals surface area contributed by atoms with E-state index in [2.05, 4.69) is 28.8 Å². The minimum absolute atomic E-state index is 0.144. The number of aliphatic hydroxyl groups excluding tert-OH is 2. The Morgan fingerprint density at radius 3 is 2.14 bits per heavy atom. The number of aliphatic hydroxyl groups is 2. The largest absolute Gasteiger partial charge is 0.496 e. The summed E-state index contributed by atoms with van der Waals surface area (Å²) < 4.78 is 11.2. The van der Waals surface area contributed by atoms with Crippen LogP contribution >= 0.6 is 11.6 Å². The van der Waals surface area contributed by atoms with E-state index in [0.29, 0.717) is 27.9 Å². The lowest BCUT2D eigenvalue weighted by Crippen LogP contribution is -2.39. The van der Waals surface area contributed by atoms with Crippen LogP contribution in [0.3, 0.4) is 0 Å². The Kier molecular flexibility index (Phi) is 11.9. The first-order valence-electron chi connectivity index (χ1n) is 16.1. The zero-order valence-electron chi connectivity index (χ0n) is 28.0. The second-order valence-corrected chi connectivity index (χ2v) is 12.3. The van der Waals surface area contributed by atoms with Crippen molar-refractivity contribution in [1.29, 1.82) is 0 Å². The van der Waals surface area contributed by atoms with E-state index in [1.807, 2.05) is 55.5 Å². The molecule has 262 valence electrons. The quantitative estimate of drug-likeness (QED) is 0.0991. The minimum Gasteiger partial charge on any atom is -0.496 e. The molecule has 1 heterocycles. The Labute approximate surface area is 295 Å². The first-order valence-corrected chi connectivity index (χ1v) is 16.5. The van der Waals surface area contributed by atoms with Crippen molar-refractivity contribution in [3.05, 3.63) is 99.1 Å². The molecule has 0 amide bonds. The van der Waals surface area contributed by atoms with Gasteiger partial charge in [-0.25, -0.2) is 4.98 Å². The lowest BCUT2D eigenvalue weighted by molar-refractivity contribution is -0.141. The van der Waals surface area contributed by atoms with Crippen LogP contribution in [-0.4, -0.2) is 76.9 Å². The predicted octanol–water partition coefficient (Wildman–Crippen LogP) is 4.95. The zero-order chi connectivity index (χ0) is 35.9. The molecule has 1 aromatic heterocycles. The Bertz CT molecular complexity index is 1930. The fraction of sp³-hybridized carbons (Fsp3) is 0.289. The second kappa shape index (κ2) is 16.3. The van der Waals surface area contributed by atoms with Crippen LogP contribution in [0.15, 0.2) is 60.7 Å². The molecule has 6 N–H and O–H groups in total. The molecule has 12 heteroatoms. The van der Waals surface area contributed by atoms with Gasteiger partial charge in [-0.1, -0.05) is 66.2 Å². The maximum absolute atomic E-state index is 11.4. The van der Waals surface area contributed by atoms with Crippen LogP contribution in [0.25, 0.3) is 34.0 Å². The van der Waals surface area contributed by atoms with Crippen LogP contribution in [0.2, 0.25) is 5.02 Å². The average Bonchev–Trinajstić information content (AvgIpc) is 3.52. The highest BCUT2D eigenvalue weighted by atomic mass is 35.5. The fourth-order valence-corrected chi connectivity index (χ4v) is 6.52. The third-order valence-corrected chi connectivity index (χ3v) is 9.32. The number of aromatic nitrogens is 1. The Morgan fingerprint density at radius 2 is 1.50 bits per heavy atom. The number of aliphatic carboxylic acids is 2. The van der Waals surface area contributed by atoms with Gasteiger partial charge in [0.25, 0.3) is 0 Å². The van der Waals surface area contributed by atoms with Gasteiger partial charge in [-0.3, -0.25) is 20.2 Å². The number of hydrogen-bond donors (Lipinski definition) is 6. The molecule has 5 rings (SSSR count). The van der Waals surface area contributed by atoms with E-state index in [-0.39, 0.29) is 13.1 Å². The number of nitrogens with zero attached hydrogens (tertiary/aromatic N) is 1. The van der Waals surface area contributed by atoms with Gasteiger partial charge in [0, 0.05) is 35.3 Å². The monoisotopic (exact) mass is 701 g/mol. The zero-order valence-corrected chi connectivity index (χ0v) is 28.8. The molecular formula is C38H40ClN3O8. The maximum Gasteiger partial charge on any atom is 0.323 e. The number of benzene rings is 3. The van der Waals surface area contributed by atoms with E-state index < -0.39 is 37.2 Å². The van der Waals surface area contributed by atoms with E-state index in [0.717, 1.165) is 51.8 Å². The highest BCUT2D eigenvalue weighted by Gasteiger charge is 2.24. The molecule has 0 unspecified atom stereocenters. The molecule has 0 saturated carbocycles. The Balaban J connectivity index is 1.43. The normalized spacial score (nSPS) is 14.3. The first kappa shape index (κ1) is 36.5. The SMILES string of the molecule is COc1cc(/C=C2\CCc3c2cccc3-c2cccc(-c3cc(C)c(CN[C@H](CO)C(=O)O)c(OC)n3)c2Cl)ccc1CN[C@H](CO)C(=O)O. The second-order valence-electron chi connectivity index (χ2n) is 12.0. The molecule has 0 fully saturated rings. The van der Waals surface area contributed by atoms with Gasteiger partial charge in [0.05, 0.1) is 38.1 Å². The van der Waals surface area contributed by atoms with Crippen LogP contribution in [0.5, 0.6) is 11.6 Å². The highest BCUT2D eigenvalue weighted by molar-refractivity contribution is 6.36. The van der Waals surface area contributed by atoms with Gasteiger partial charge in [-0.2, -0.15) is 0 Å². The fourth-order valence-electron chi connectivity index (χ4n) is 6.20. The lowest BCUT2D eigenvalue weighted by Gasteiger charge is -2.18. The third-order valence-electron chi connectivity index (χ3n) is 8.91. The molecule has 0 bridgehead atoms. The van der Waals surface area contributed by atoms with E-state index in [1.54, 1.807) is 7.11 Å². The van der Waals surface area contributed by atoms with Crippen molar-refractivity contribution in [2.45, 2.75) is 44.9 Å². The van der Waals surface area contributed by atoms with Crippen LogP contribution < -0.4 is 20.1 Å². The summed E-state index contributed by atoms with van der Waals surface area (Å²) in [5, 5.41) is 43.5.